The first-order valence-electron chi connectivity index (χ1n) is 8.09. The van der Waals surface area contributed by atoms with E-state index in [1.54, 1.807) is 48.5 Å². The van der Waals surface area contributed by atoms with Crippen LogP contribution in [0.2, 0.25) is 0 Å². The Kier molecular flexibility index (Phi) is 9.17. The van der Waals surface area contributed by atoms with Crippen molar-refractivity contribution in [1.29, 1.82) is 0 Å². The molecule has 0 amide bonds. The van der Waals surface area contributed by atoms with E-state index in [-0.39, 0.29) is 23.1 Å². The van der Waals surface area contributed by atoms with Gasteiger partial charge in [0.2, 0.25) is 0 Å². The zero-order valence-corrected chi connectivity index (χ0v) is 15.2. The molecule has 2 aromatic carbocycles. The Bertz CT molecular complexity index is 958. The molecule has 0 unspecified atom stereocenters. The van der Waals surface area contributed by atoms with Crippen molar-refractivity contribution in [3.8, 4) is 0 Å². The van der Waals surface area contributed by atoms with Crippen LogP contribution in [-0.4, -0.2) is 23.1 Å². The number of nitrogens with zero attached hydrogens (tertiary/aromatic N) is 6. The lowest BCUT2D eigenvalue weighted by molar-refractivity contribution is 0.0994. The standard InChI is InChI=1S/2C10H6O2.2N3/c2*11-9-5-6-10(12)8-4-2-1-3-7(8)9;2*1-3-2/h2*1-6H;;/q;;2*-1. The fourth-order valence-electron chi connectivity index (χ4n) is 2.49. The molecule has 0 atom stereocenters. The lowest BCUT2D eigenvalue weighted by Crippen LogP contribution is -2.10. The normalized spacial score (nSPS) is 12.3. The van der Waals surface area contributed by atoms with Crippen LogP contribution < -0.4 is 0 Å². The number of fused-ring (bicyclic) bond motifs is 2. The first-order valence-corrected chi connectivity index (χ1v) is 8.09. The second kappa shape index (κ2) is 11.8. The Hall–Kier alpha value is -4.78. The summed E-state index contributed by atoms with van der Waals surface area (Å²) in [6, 6.07) is 13.7. The average molecular weight is 400 g/mol. The summed E-state index contributed by atoms with van der Waals surface area (Å²) in [4.78, 5) is 47.8. The highest BCUT2D eigenvalue weighted by molar-refractivity contribution is 6.22. The van der Waals surface area contributed by atoms with Crippen LogP contribution in [0.1, 0.15) is 41.4 Å². The van der Waals surface area contributed by atoms with E-state index >= 15 is 0 Å². The van der Waals surface area contributed by atoms with Crippen molar-refractivity contribution in [2.45, 2.75) is 0 Å². The van der Waals surface area contributed by atoms with E-state index in [1.165, 1.54) is 34.1 Å². The highest BCUT2D eigenvalue weighted by Gasteiger charge is 2.17. The highest BCUT2D eigenvalue weighted by atomic mass is 16.1. The van der Waals surface area contributed by atoms with E-state index in [4.69, 9.17) is 22.1 Å². The molecule has 0 aliphatic heterocycles. The van der Waals surface area contributed by atoms with Gasteiger partial charge in [-0.25, -0.2) is 0 Å². The van der Waals surface area contributed by atoms with Crippen molar-refractivity contribution in [3.63, 3.8) is 0 Å². The lowest BCUT2D eigenvalue weighted by atomic mass is 9.95. The third kappa shape index (κ3) is 6.14. The predicted molar refractivity (Wildman–Crippen MR) is 109 cm³/mol. The van der Waals surface area contributed by atoms with Crippen LogP contribution in [0, 0.1) is 0 Å². The van der Waals surface area contributed by atoms with Gasteiger partial charge < -0.3 is 22.1 Å². The van der Waals surface area contributed by atoms with Gasteiger partial charge in [0, 0.05) is 22.3 Å². The van der Waals surface area contributed by atoms with Crippen LogP contribution in [0.15, 0.2) is 72.8 Å². The summed E-state index contributed by atoms with van der Waals surface area (Å²) < 4.78 is 0. The molecule has 0 bridgehead atoms. The van der Waals surface area contributed by atoms with Gasteiger partial charge in [0.1, 0.15) is 0 Å². The second-order valence-electron chi connectivity index (χ2n) is 5.39. The van der Waals surface area contributed by atoms with Crippen molar-refractivity contribution in [2.75, 3.05) is 0 Å². The van der Waals surface area contributed by atoms with Gasteiger partial charge in [-0.05, 0) is 24.3 Å². The molecule has 0 aromatic heterocycles. The summed E-state index contributed by atoms with van der Waals surface area (Å²) >= 11 is 0. The van der Waals surface area contributed by atoms with E-state index in [2.05, 4.69) is 0 Å². The maximum Gasteiger partial charge on any atom is 0.186 e. The largest absolute Gasteiger partial charge is 0.373 e. The number of rotatable bonds is 0. The molecule has 0 saturated heterocycles. The topological polar surface area (TPSA) is 186 Å². The molecular formula is C20H12N6O4-2. The fraction of sp³-hybridized carbons (Fsp3) is 0. The SMILES string of the molecule is O=C1C=CC(=O)c2ccccc21.O=C1C=CC(=O)c2ccccc21.[N-]=[N+]=[N-].[N-]=[N+]=[N-]. The van der Waals surface area contributed by atoms with Gasteiger partial charge in [-0.2, -0.15) is 0 Å². The van der Waals surface area contributed by atoms with Gasteiger partial charge >= 0.3 is 0 Å². The van der Waals surface area contributed by atoms with Crippen LogP contribution in [0.4, 0.5) is 0 Å². The Morgan fingerprint density at radius 1 is 0.433 bits per heavy atom. The summed E-state index contributed by atoms with van der Waals surface area (Å²) in [5.41, 5.74) is 29.0. The van der Waals surface area contributed by atoms with Gasteiger partial charge in [-0.15, -0.1) is 0 Å². The molecule has 2 aliphatic rings. The number of hydrogen-bond donors (Lipinski definition) is 0. The van der Waals surface area contributed by atoms with Gasteiger partial charge in [-0.1, -0.05) is 48.5 Å². The smallest absolute Gasteiger partial charge is 0.186 e. The molecule has 2 aliphatic carbocycles. The Labute approximate surface area is 170 Å². The zero-order valence-electron chi connectivity index (χ0n) is 15.2. The molecule has 0 fully saturated rings. The minimum Gasteiger partial charge on any atom is -0.373 e. The zero-order chi connectivity index (χ0) is 22.5. The van der Waals surface area contributed by atoms with Gasteiger partial charge in [-0.3, -0.25) is 29.0 Å². The second-order valence-corrected chi connectivity index (χ2v) is 5.39. The maximum absolute atomic E-state index is 11.2. The van der Waals surface area contributed by atoms with E-state index in [1.807, 2.05) is 0 Å². The Balaban J connectivity index is 0.000000239. The van der Waals surface area contributed by atoms with Crippen LogP contribution in [0.3, 0.4) is 0 Å². The van der Waals surface area contributed by atoms with E-state index < -0.39 is 0 Å². The molecule has 0 radical (unpaired) electrons. The van der Waals surface area contributed by atoms with Crippen molar-refractivity contribution >= 4 is 23.1 Å². The molecule has 0 spiro atoms. The molecule has 148 valence electrons. The number of hydrogen-bond acceptors (Lipinski definition) is 4. The summed E-state index contributed by atoms with van der Waals surface area (Å²) in [7, 11) is 0. The highest BCUT2D eigenvalue weighted by Crippen LogP contribution is 2.16. The molecule has 2 aromatic rings. The molecule has 10 heteroatoms. The van der Waals surface area contributed by atoms with Crippen molar-refractivity contribution < 1.29 is 19.2 Å². The van der Waals surface area contributed by atoms with Gasteiger partial charge in [0.05, 0.1) is 0 Å². The first-order chi connectivity index (χ1) is 14.4. The number of carbonyl (C=O) groups excluding carboxylic acids is 4. The summed E-state index contributed by atoms with van der Waals surface area (Å²) in [5, 5.41) is 0. The number of benzene rings is 2. The fourth-order valence-corrected chi connectivity index (χ4v) is 2.49. The lowest BCUT2D eigenvalue weighted by Gasteiger charge is -2.06. The molecule has 0 saturated carbocycles. The molecule has 10 nitrogen and oxygen atoms in total. The van der Waals surface area contributed by atoms with Crippen molar-refractivity contribution in [1.82, 2.24) is 0 Å². The molecule has 30 heavy (non-hydrogen) atoms. The van der Waals surface area contributed by atoms with Gasteiger partial charge in [0.15, 0.2) is 23.1 Å². The average Bonchev–Trinajstić information content (AvgIpc) is 2.76. The number of ketones is 4. The summed E-state index contributed by atoms with van der Waals surface area (Å²) in [6.45, 7) is 0. The van der Waals surface area contributed by atoms with E-state index in [9.17, 15) is 19.2 Å². The molecule has 0 heterocycles. The Morgan fingerprint density at radius 2 is 0.600 bits per heavy atom. The summed E-state index contributed by atoms with van der Waals surface area (Å²) in [6.07, 6.45) is 5.24. The minimum absolute atomic E-state index is 0.0924. The molecule has 0 N–H and O–H groups in total. The monoisotopic (exact) mass is 400 g/mol. The van der Waals surface area contributed by atoms with E-state index in [0.29, 0.717) is 22.3 Å². The van der Waals surface area contributed by atoms with Crippen molar-refractivity contribution in [3.05, 3.63) is 127 Å². The minimum atomic E-state index is -0.0924. The van der Waals surface area contributed by atoms with Crippen LogP contribution in [-0.2, 0) is 0 Å². The maximum atomic E-state index is 11.2. The first kappa shape index (κ1) is 23.3. The Morgan fingerprint density at radius 3 is 0.767 bits per heavy atom. The van der Waals surface area contributed by atoms with Gasteiger partial charge in [0.25, 0.3) is 0 Å². The number of allylic oxidation sites excluding steroid dienone is 4. The van der Waals surface area contributed by atoms with Crippen LogP contribution >= 0.6 is 0 Å². The van der Waals surface area contributed by atoms with Crippen molar-refractivity contribution in [2.24, 2.45) is 0 Å². The van der Waals surface area contributed by atoms with E-state index in [0.717, 1.165) is 0 Å². The summed E-state index contributed by atoms with van der Waals surface area (Å²) in [5.74, 6) is -0.370. The predicted octanol–water partition coefficient (Wildman–Crippen LogP) is 4.98. The third-order valence-electron chi connectivity index (χ3n) is 3.69. The third-order valence-corrected chi connectivity index (χ3v) is 3.69. The quantitative estimate of drug-likeness (QED) is 0.343. The van der Waals surface area contributed by atoms with Crippen LogP contribution in [0.25, 0.3) is 31.9 Å². The number of carbonyl (C=O) groups is 4. The van der Waals surface area contributed by atoms with Crippen LogP contribution in [0.5, 0.6) is 0 Å². The molecular weight excluding hydrogens is 388 g/mol. The molecule has 4 rings (SSSR count).